The number of carboxylic acids is 1. The molecule has 128 valence electrons. The fourth-order valence-electron chi connectivity index (χ4n) is 1.85. The van der Waals surface area contributed by atoms with E-state index in [4.69, 9.17) is 9.84 Å². The lowest BCUT2D eigenvalue weighted by Gasteiger charge is -2.34. The first-order valence-electron chi connectivity index (χ1n) is 8.48. The van der Waals surface area contributed by atoms with Crippen LogP contribution in [-0.2, 0) is 9.53 Å². The summed E-state index contributed by atoms with van der Waals surface area (Å²) in [4.78, 5) is 10.4. The Morgan fingerprint density at radius 3 is 1.67 bits per heavy atom. The first kappa shape index (κ1) is 22.7. The van der Waals surface area contributed by atoms with Crippen LogP contribution < -0.4 is 0 Å². The van der Waals surface area contributed by atoms with Gasteiger partial charge in [-0.15, -0.1) is 0 Å². The predicted octanol–water partition coefficient (Wildman–Crippen LogP) is 5.67. The summed E-state index contributed by atoms with van der Waals surface area (Å²) in [6.07, 6.45) is 5.85. The number of ether oxygens (including phenoxy) is 1. The Bertz CT molecular complexity index is 256. The highest BCUT2D eigenvalue weighted by Gasteiger charge is 2.25. The molecule has 0 spiro atoms. The van der Waals surface area contributed by atoms with Crippen LogP contribution in [0.25, 0.3) is 0 Å². The first-order chi connectivity index (χ1) is 9.55. The lowest BCUT2D eigenvalue weighted by Crippen LogP contribution is -2.35. The van der Waals surface area contributed by atoms with Crippen molar-refractivity contribution in [2.45, 2.75) is 105 Å². The first-order valence-corrected chi connectivity index (χ1v) is 8.48. The summed E-state index contributed by atoms with van der Waals surface area (Å²) in [5, 5.41) is 8.60. The van der Waals surface area contributed by atoms with E-state index in [1.54, 1.807) is 0 Å². The zero-order valence-electron chi connectivity index (χ0n) is 15.6. The molecule has 0 aromatic rings. The van der Waals surface area contributed by atoms with Crippen molar-refractivity contribution in [2.75, 3.05) is 0 Å². The second-order valence-corrected chi connectivity index (χ2v) is 6.91. The fourth-order valence-corrected chi connectivity index (χ4v) is 1.85. The van der Waals surface area contributed by atoms with Gasteiger partial charge in [0.25, 0.3) is 0 Å². The number of aliphatic carboxylic acids is 1. The van der Waals surface area contributed by atoms with Gasteiger partial charge in [0.2, 0.25) is 0 Å². The van der Waals surface area contributed by atoms with Crippen LogP contribution in [0.4, 0.5) is 0 Å². The molecular formula is C18H38O3. The van der Waals surface area contributed by atoms with E-state index in [0.29, 0.717) is 0 Å². The summed E-state index contributed by atoms with van der Waals surface area (Å²) in [6.45, 7) is 16.9. The van der Waals surface area contributed by atoms with Crippen molar-refractivity contribution in [3.05, 3.63) is 0 Å². The van der Waals surface area contributed by atoms with Gasteiger partial charge < -0.3 is 9.84 Å². The van der Waals surface area contributed by atoms with Crippen molar-refractivity contribution in [3.63, 3.8) is 0 Å². The van der Waals surface area contributed by atoms with E-state index in [1.807, 2.05) is 6.92 Å². The number of carbonyl (C=O) groups is 1. The summed E-state index contributed by atoms with van der Waals surface area (Å²) >= 11 is 0. The highest BCUT2D eigenvalue weighted by molar-refractivity contribution is 5.69. The number of hydrogen-bond donors (Lipinski definition) is 1. The highest BCUT2D eigenvalue weighted by Crippen LogP contribution is 2.24. The molecule has 0 saturated heterocycles. The SMILES string of the molecule is CCC(C)(C)OC(C)(C)CC.CCCCC(CC)C(=O)O. The topological polar surface area (TPSA) is 46.5 Å². The Kier molecular flexibility index (Phi) is 12.0. The molecule has 0 amide bonds. The Morgan fingerprint density at radius 2 is 1.43 bits per heavy atom. The normalized spacial score (nSPS) is 13.3. The van der Waals surface area contributed by atoms with Crippen molar-refractivity contribution in [2.24, 2.45) is 5.92 Å². The van der Waals surface area contributed by atoms with Gasteiger partial charge in [-0.1, -0.05) is 40.5 Å². The molecule has 1 N–H and O–H groups in total. The summed E-state index contributed by atoms with van der Waals surface area (Å²) in [7, 11) is 0. The van der Waals surface area contributed by atoms with Crippen LogP contribution in [0, 0.1) is 5.92 Å². The van der Waals surface area contributed by atoms with Gasteiger partial charge in [-0.3, -0.25) is 4.79 Å². The lowest BCUT2D eigenvalue weighted by atomic mass is 10.00. The van der Waals surface area contributed by atoms with E-state index in [0.717, 1.165) is 38.5 Å². The van der Waals surface area contributed by atoms with Gasteiger partial charge in [0.1, 0.15) is 0 Å². The zero-order chi connectivity index (χ0) is 17.1. The van der Waals surface area contributed by atoms with Crippen LogP contribution >= 0.6 is 0 Å². The molecule has 0 saturated carbocycles. The molecule has 0 radical (unpaired) electrons. The van der Waals surface area contributed by atoms with Gasteiger partial charge in [0.05, 0.1) is 17.1 Å². The minimum Gasteiger partial charge on any atom is -0.481 e. The third-order valence-electron chi connectivity index (χ3n) is 4.00. The van der Waals surface area contributed by atoms with Crippen molar-refractivity contribution < 1.29 is 14.6 Å². The van der Waals surface area contributed by atoms with Crippen LogP contribution in [0.2, 0.25) is 0 Å². The van der Waals surface area contributed by atoms with Gasteiger partial charge in [0, 0.05) is 0 Å². The molecule has 0 bridgehead atoms. The summed E-state index contributed by atoms with van der Waals surface area (Å²) in [5.74, 6) is -0.754. The third-order valence-corrected chi connectivity index (χ3v) is 4.00. The second kappa shape index (κ2) is 11.1. The van der Waals surface area contributed by atoms with E-state index < -0.39 is 5.97 Å². The minimum atomic E-state index is -0.643. The van der Waals surface area contributed by atoms with Gasteiger partial charge in [0.15, 0.2) is 0 Å². The number of carboxylic acid groups (broad SMARTS) is 1. The van der Waals surface area contributed by atoms with Crippen molar-refractivity contribution >= 4 is 5.97 Å². The van der Waals surface area contributed by atoms with Crippen molar-refractivity contribution in [3.8, 4) is 0 Å². The zero-order valence-corrected chi connectivity index (χ0v) is 15.6. The molecule has 1 atom stereocenters. The maximum absolute atomic E-state index is 10.4. The standard InChI is InChI=1S/C10H22O.C8H16O2/c1-7-9(3,4)11-10(5,6)8-2;1-3-5-6-7(4-2)8(9)10/h7-8H2,1-6H3;7H,3-6H2,1-2H3,(H,9,10). The lowest BCUT2D eigenvalue weighted by molar-refractivity contribution is -0.142. The molecule has 3 nitrogen and oxygen atoms in total. The largest absolute Gasteiger partial charge is 0.481 e. The average Bonchev–Trinajstić information content (AvgIpc) is 2.39. The van der Waals surface area contributed by atoms with Crippen molar-refractivity contribution in [1.82, 2.24) is 0 Å². The monoisotopic (exact) mass is 302 g/mol. The molecule has 0 heterocycles. The molecule has 0 aromatic heterocycles. The highest BCUT2D eigenvalue weighted by atomic mass is 16.5. The van der Waals surface area contributed by atoms with E-state index in [-0.39, 0.29) is 17.1 Å². The quantitative estimate of drug-likeness (QED) is 0.597. The van der Waals surface area contributed by atoms with E-state index in [1.165, 1.54) is 0 Å². The molecule has 0 aliphatic rings. The predicted molar refractivity (Wildman–Crippen MR) is 90.8 cm³/mol. The molecule has 0 rings (SSSR count). The molecule has 0 aliphatic carbocycles. The minimum absolute atomic E-state index is 0.0273. The van der Waals surface area contributed by atoms with Crippen LogP contribution in [0.15, 0.2) is 0 Å². The molecule has 0 aliphatic heterocycles. The van der Waals surface area contributed by atoms with Crippen LogP contribution in [-0.4, -0.2) is 22.3 Å². The van der Waals surface area contributed by atoms with Crippen LogP contribution in [0.1, 0.15) is 93.9 Å². The molecule has 1 unspecified atom stereocenters. The van der Waals surface area contributed by atoms with Gasteiger partial charge in [-0.05, 0) is 53.4 Å². The van der Waals surface area contributed by atoms with Crippen LogP contribution in [0.5, 0.6) is 0 Å². The van der Waals surface area contributed by atoms with E-state index >= 15 is 0 Å². The summed E-state index contributed by atoms with van der Waals surface area (Å²) in [6, 6.07) is 0. The number of hydrogen-bond acceptors (Lipinski definition) is 2. The average molecular weight is 302 g/mol. The maximum Gasteiger partial charge on any atom is 0.306 e. The molecule has 3 heteroatoms. The molecule has 21 heavy (non-hydrogen) atoms. The summed E-state index contributed by atoms with van der Waals surface area (Å²) < 4.78 is 5.92. The number of unbranched alkanes of at least 4 members (excludes halogenated alkanes) is 1. The van der Waals surface area contributed by atoms with E-state index in [2.05, 4.69) is 48.5 Å². The molecular weight excluding hydrogens is 264 g/mol. The second-order valence-electron chi connectivity index (χ2n) is 6.91. The van der Waals surface area contributed by atoms with Gasteiger partial charge >= 0.3 is 5.97 Å². The van der Waals surface area contributed by atoms with Gasteiger partial charge in [-0.2, -0.15) is 0 Å². The smallest absolute Gasteiger partial charge is 0.306 e. The Hall–Kier alpha value is -0.570. The van der Waals surface area contributed by atoms with Crippen LogP contribution in [0.3, 0.4) is 0 Å². The maximum atomic E-state index is 10.4. The molecule has 0 fully saturated rings. The molecule has 0 aromatic carbocycles. The Balaban J connectivity index is 0. The summed E-state index contributed by atoms with van der Waals surface area (Å²) in [5.41, 5.74) is 0.0546. The fraction of sp³-hybridized carbons (Fsp3) is 0.944. The third kappa shape index (κ3) is 12.9. The number of rotatable bonds is 9. The van der Waals surface area contributed by atoms with Gasteiger partial charge in [-0.25, -0.2) is 0 Å². The van der Waals surface area contributed by atoms with E-state index in [9.17, 15) is 4.79 Å². The Labute approximate surface area is 132 Å². The van der Waals surface area contributed by atoms with Crippen molar-refractivity contribution in [1.29, 1.82) is 0 Å². The Morgan fingerprint density at radius 1 is 1.00 bits per heavy atom.